The minimum absolute atomic E-state index is 0.228. The first-order valence-electron chi connectivity index (χ1n) is 6.23. The minimum Gasteiger partial charge on any atom is -0.489 e. The second kappa shape index (κ2) is 6.85. The summed E-state index contributed by atoms with van der Waals surface area (Å²) in [6.07, 6.45) is 2.44. The summed E-state index contributed by atoms with van der Waals surface area (Å²) >= 11 is 3.39. The predicted molar refractivity (Wildman–Crippen MR) is 77.6 cm³/mol. The molecule has 100 valence electrons. The lowest BCUT2D eigenvalue weighted by Crippen LogP contribution is -2.17. The molecule has 1 atom stereocenters. The van der Waals surface area contributed by atoms with Crippen LogP contribution in [-0.2, 0) is 4.74 Å². The van der Waals surface area contributed by atoms with Gasteiger partial charge in [-0.25, -0.2) is 0 Å². The number of halogens is 1. The van der Waals surface area contributed by atoms with E-state index in [4.69, 9.17) is 15.2 Å². The first-order chi connectivity index (χ1) is 8.79. The Balaban J connectivity index is 1.96. The molecular formula is C13H19BrN2O2. The molecule has 1 aromatic carbocycles. The number of ether oxygens (including phenoxy) is 2. The molecule has 1 aliphatic heterocycles. The van der Waals surface area contributed by atoms with Crippen molar-refractivity contribution < 1.29 is 9.47 Å². The van der Waals surface area contributed by atoms with Gasteiger partial charge in [-0.15, -0.1) is 0 Å². The van der Waals surface area contributed by atoms with Crippen molar-refractivity contribution in [2.45, 2.75) is 18.9 Å². The SMILES string of the molecule is Nc1ccc(OCC2CCCO2)c(NCCBr)c1. The molecule has 1 unspecified atom stereocenters. The number of nitrogens with one attached hydrogen (secondary N) is 1. The summed E-state index contributed by atoms with van der Waals surface area (Å²) in [5, 5.41) is 4.17. The molecule has 0 amide bonds. The molecule has 3 N–H and O–H groups in total. The van der Waals surface area contributed by atoms with Crippen LogP contribution < -0.4 is 15.8 Å². The molecule has 0 saturated carbocycles. The van der Waals surface area contributed by atoms with Crippen molar-refractivity contribution in [1.29, 1.82) is 0 Å². The topological polar surface area (TPSA) is 56.5 Å². The van der Waals surface area contributed by atoms with Gasteiger partial charge in [0.25, 0.3) is 0 Å². The standard InChI is InChI=1S/C13H19BrN2O2/c14-5-6-16-12-8-10(15)3-4-13(12)18-9-11-2-1-7-17-11/h3-4,8,11,16H,1-2,5-7,9,15H2. The molecule has 1 aliphatic rings. The Hall–Kier alpha value is -0.940. The van der Waals surface area contributed by atoms with Gasteiger partial charge in [0.15, 0.2) is 0 Å². The predicted octanol–water partition coefficient (Wildman–Crippen LogP) is 2.63. The van der Waals surface area contributed by atoms with E-state index in [1.54, 1.807) is 0 Å². The number of rotatable bonds is 6. The summed E-state index contributed by atoms with van der Waals surface area (Å²) in [6, 6.07) is 5.65. The van der Waals surface area contributed by atoms with Crippen molar-refractivity contribution in [3.63, 3.8) is 0 Å². The van der Waals surface area contributed by atoms with Gasteiger partial charge in [-0.1, -0.05) is 15.9 Å². The van der Waals surface area contributed by atoms with Gasteiger partial charge in [-0.05, 0) is 31.0 Å². The third-order valence-electron chi connectivity index (χ3n) is 2.86. The quantitative estimate of drug-likeness (QED) is 0.626. The number of nitrogen functional groups attached to an aromatic ring is 1. The molecule has 0 spiro atoms. The molecule has 0 aromatic heterocycles. The van der Waals surface area contributed by atoms with Crippen LogP contribution in [0.4, 0.5) is 11.4 Å². The van der Waals surface area contributed by atoms with Crippen LogP contribution in [0.3, 0.4) is 0 Å². The average molecular weight is 315 g/mol. The molecule has 5 heteroatoms. The van der Waals surface area contributed by atoms with E-state index in [0.29, 0.717) is 6.61 Å². The first-order valence-corrected chi connectivity index (χ1v) is 7.35. The van der Waals surface area contributed by atoms with Gasteiger partial charge in [0.2, 0.25) is 0 Å². The lowest BCUT2D eigenvalue weighted by molar-refractivity contribution is 0.0682. The van der Waals surface area contributed by atoms with Crippen LogP contribution in [0.1, 0.15) is 12.8 Å². The molecule has 1 heterocycles. The van der Waals surface area contributed by atoms with E-state index in [-0.39, 0.29) is 6.10 Å². The third kappa shape index (κ3) is 3.78. The number of hydrogen-bond donors (Lipinski definition) is 2. The third-order valence-corrected chi connectivity index (χ3v) is 3.26. The van der Waals surface area contributed by atoms with E-state index in [9.17, 15) is 0 Å². The highest BCUT2D eigenvalue weighted by Gasteiger charge is 2.16. The summed E-state index contributed by atoms with van der Waals surface area (Å²) in [5.41, 5.74) is 7.46. The van der Waals surface area contributed by atoms with Crippen LogP contribution in [-0.4, -0.2) is 31.2 Å². The van der Waals surface area contributed by atoms with Crippen LogP contribution >= 0.6 is 15.9 Å². The summed E-state index contributed by atoms with van der Waals surface area (Å²) in [5.74, 6) is 0.834. The smallest absolute Gasteiger partial charge is 0.142 e. The summed E-state index contributed by atoms with van der Waals surface area (Å²) < 4.78 is 11.4. The molecule has 1 saturated heterocycles. The Morgan fingerprint density at radius 3 is 3.11 bits per heavy atom. The van der Waals surface area contributed by atoms with Crippen LogP contribution in [0.25, 0.3) is 0 Å². The maximum absolute atomic E-state index is 5.81. The monoisotopic (exact) mass is 314 g/mol. The number of benzene rings is 1. The van der Waals surface area contributed by atoms with Gasteiger partial charge in [-0.2, -0.15) is 0 Å². The molecule has 2 rings (SSSR count). The van der Waals surface area contributed by atoms with Crippen molar-refractivity contribution in [1.82, 2.24) is 0 Å². The fraction of sp³-hybridized carbons (Fsp3) is 0.538. The van der Waals surface area contributed by atoms with Gasteiger partial charge < -0.3 is 20.5 Å². The van der Waals surface area contributed by atoms with Gasteiger partial charge in [0.1, 0.15) is 12.4 Å². The van der Waals surface area contributed by atoms with Crippen molar-refractivity contribution in [3.05, 3.63) is 18.2 Å². The van der Waals surface area contributed by atoms with Gasteiger partial charge in [0, 0.05) is 24.2 Å². The molecule has 0 bridgehead atoms. The van der Waals surface area contributed by atoms with E-state index >= 15 is 0 Å². The molecule has 4 nitrogen and oxygen atoms in total. The summed E-state index contributed by atoms with van der Waals surface area (Å²) in [6.45, 7) is 2.29. The maximum atomic E-state index is 5.81. The molecule has 18 heavy (non-hydrogen) atoms. The lowest BCUT2D eigenvalue weighted by Gasteiger charge is -2.15. The highest BCUT2D eigenvalue weighted by Crippen LogP contribution is 2.27. The molecule has 0 aliphatic carbocycles. The number of nitrogens with two attached hydrogens (primary N) is 1. The Bertz CT molecular complexity index is 381. The van der Waals surface area contributed by atoms with E-state index in [1.807, 2.05) is 18.2 Å². The first kappa shape index (κ1) is 13.5. The zero-order valence-corrected chi connectivity index (χ0v) is 11.9. The van der Waals surface area contributed by atoms with Crippen LogP contribution in [0, 0.1) is 0 Å². The minimum atomic E-state index is 0.228. The fourth-order valence-corrected chi connectivity index (χ4v) is 2.15. The molecule has 1 aromatic rings. The van der Waals surface area contributed by atoms with E-state index < -0.39 is 0 Å². The van der Waals surface area contributed by atoms with Crippen LogP contribution in [0.2, 0.25) is 0 Å². The van der Waals surface area contributed by atoms with E-state index in [2.05, 4.69) is 21.2 Å². The van der Waals surface area contributed by atoms with Crippen molar-refractivity contribution >= 4 is 27.3 Å². The molecular weight excluding hydrogens is 296 g/mol. The summed E-state index contributed by atoms with van der Waals surface area (Å²) in [4.78, 5) is 0. The molecule has 1 fully saturated rings. The van der Waals surface area contributed by atoms with Crippen molar-refractivity contribution in [3.8, 4) is 5.75 Å². The second-order valence-corrected chi connectivity index (χ2v) is 5.11. The van der Waals surface area contributed by atoms with Gasteiger partial charge in [0.05, 0.1) is 11.8 Å². The maximum Gasteiger partial charge on any atom is 0.142 e. The molecule has 0 radical (unpaired) electrons. The second-order valence-electron chi connectivity index (χ2n) is 4.32. The Morgan fingerprint density at radius 1 is 1.50 bits per heavy atom. The van der Waals surface area contributed by atoms with E-state index in [0.717, 1.165) is 48.4 Å². The van der Waals surface area contributed by atoms with Crippen LogP contribution in [0.5, 0.6) is 5.75 Å². The van der Waals surface area contributed by atoms with Gasteiger partial charge in [-0.3, -0.25) is 0 Å². The highest BCUT2D eigenvalue weighted by molar-refractivity contribution is 9.09. The Morgan fingerprint density at radius 2 is 2.39 bits per heavy atom. The zero-order valence-electron chi connectivity index (χ0n) is 10.3. The Kier molecular flexibility index (Phi) is 5.13. The number of hydrogen-bond acceptors (Lipinski definition) is 4. The number of alkyl halides is 1. The fourth-order valence-electron chi connectivity index (χ4n) is 1.95. The van der Waals surface area contributed by atoms with E-state index in [1.165, 1.54) is 0 Å². The lowest BCUT2D eigenvalue weighted by atomic mass is 10.2. The number of anilines is 2. The normalized spacial score (nSPS) is 18.8. The van der Waals surface area contributed by atoms with Crippen molar-refractivity contribution in [2.24, 2.45) is 0 Å². The Labute approximate surface area is 116 Å². The highest BCUT2D eigenvalue weighted by atomic mass is 79.9. The summed E-state index contributed by atoms with van der Waals surface area (Å²) in [7, 11) is 0. The average Bonchev–Trinajstić information content (AvgIpc) is 2.88. The van der Waals surface area contributed by atoms with Gasteiger partial charge >= 0.3 is 0 Å². The zero-order chi connectivity index (χ0) is 12.8. The largest absolute Gasteiger partial charge is 0.489 e. The van der Waals surface area contributed by atoms with Crippen molar-refractivity contribution in [2.75, 3.05) is 36.1 Å². The van der Waals surface area contributed by atoms with Crippen LogP contribution in [0.15, 0.2) is 18.2 Å².